The normalized spacial score (nSPS) is 15.8. The van der Waals surface area contributed by atoms with Gasteiger partial charge in [-0.25, -0.2) is 9.98 Å². The third-order valence-electron chi connectivity index (χ3n) is 12.8. The second-order valence-electron chi connectivity index (χ2n) is 19.2. The molecule has 0 aliphatic carbocycles. The van der Waals surface area contributed by atoms with E-state index in [0.717, 1.165) is 0 Å². The van der Waals surface area contributed by atoms with E-state index in [1.54, 1.807) is 6.92 Å². The second kappa shape index (κ2) is 38.6. The molecule has 444 valence electrons. The van der Waals surface area contributed by atoms with Crippen LogP contribution in [0.4, 0.5) is 0 Å². The maximum Gasteiger partial charge on any atom is 0.269 e. The number of rotatable bonds is 39. The van der Waals surface area contributed by atoms with Crippen molar-refractivity contribution in [2.45, 2.75) is 153 Å². The summed E-state index contributed by atoms with van der Waals surface area (Å²) in [6.45, 7) is 4.39. The first kappa shape index (κ1) is 68.2. The fourth-order valence-electron chi connectivity index (χ4n) is 8.17. The lowest BCUT2D eigenvalue weighted by atomic mass is 9.98. The van der Waals surface area contributed by atoms with Crippen molar-refractivity contribution < 1.29 is 48.3 Å². The molecule has 29 nitrogen and oxygen atoms in total. The molecule has 0 saturated carbocycles. The Labute approximate surface area is 461 Å². The first-order valence-corrected chi connectivity index (χ1v) is 27.2. The Morgan fingerprint density at radius 3 is 2.08 bits per heavy atom. The van der Waals surface area contributed by atoms with Gasteiger partial charge in [-0.1, -0.05) is 26.3 Å². The van der Waals surface area contributed by atoms with Crippen LogP contribution in [0.25, 0.3) is 0 Å². The molecule has 2 heterocycles. The van der Waals surface area contributed by atoms with Crippen LogP contribution in [0.1, 0.15) is 116 Å². The number of nitrogens with one attached hydrogen (secondary N) is 8. The second-order valence-corrected chi connectivity index (χ2v) is 19.2. The van der Waals surface area contributed by atoms with Crippen LogP contribution in [-0.4, -0.2) is 180 Å². The van der Waals surface area contributed by atoms with Crippen molar-refractivity contribution in [1.29, 1.82) is 0 Å². The minimum atomic E-state index is -1.36. The molecule has 0 radical (unpaired) electrons. The Balaban J connectivity index is 2.42. The number of nitrogens with two attached hydrogens (primary N) is 7. The number of H-pyrrole nitrogens is 1. The monoisotopic (exact) mass is 1120 g/mol. The summed E-state index contributed by atoms with van der Waals surface area (Å²) >= 11 is 0. The molecule has 1 aliphatic heterocycles. The number of guanidine groups is 1. The molecule has 1 aromatic heterocycles. The number of hydrogen-bond acceptors (Lipinski definition) is 17. The molecular formula is C50H89N19O10. The number of amides is 9. The third-order valence-corrected chi connectivity index (χ3v) is 12.8. The van der Waals surface area contributed by atoms with Crippen molar-refractivity contribution in [3.63, 3.8) is 0 Å². The predicted molar refractivity (Wildman–Crippen MR) is 296 cm³/mol. The zero-order valence-corrected chi connectivity index (χ0v) is 45.9. The van der Waals surface area contributed by atoms with Gasteiger partial charge in [-0.2, -0.15) is 0 Å². The molecule has 23 N–H and O–H groups in total. The summed E-state index contributed by atoms with van der Waals surface area (Å²) in [5.41, 5.74) is 39.3. The van der Waals surface area contributed by atoms with Crippen LogP contribution in [0, 0.1) is 5.92 Å². The smallest absolute Gasteiger partial charge is 0.269 e. The number of carbonyl (C=O) groups excluding carboxylic acids is 9. The van der Waals surface area contributed by atoms with Crippen LogP contribution in [0.15, 0.2) is 34.3 Å². The van der Waals surface area contributed by atoms with E-state index in [1.165, 1.54) is 23.5 Å². The van der Waals surface area contributed by atoms with Gasteiger partial charge in [0.1, 0.15) is 41.6 Å². The highest BCUT2D eigenvalue weighted by molar-refractivity contribution is 6.40. The van der Waals surface area contributed by atoms with Gasteiger partial charge < -0.3 is 92.3 Å². The first-order chi connectivity index (χ1) is 37.8. The highest BCUT2D eigenvalue weighted by atomic mass is 16.3. The SMILES string of the molecule is CC[C@H](C)[C@H](NC(=O)C[C@@H](O)CN)C(=O)NCC(=O)N=C(CCCN)C(=O)N1CCC[C@H]1C(=O)N[C@@H](Cc1cnc[nH]1)C(=O)N[C@@H](CCCCN)C(=O)N/C(=C\CCN=C(N)N)C(=O)N[C@@H](CCCCN)C(=O)NCCCCN. The average Bonchev–Trinajstić information content (AvgIpc) is 4.17. The number of aromatic amines is 1. The quantitative estimate of drug-likeness (QED) is 0.0127. The molecule has 0 aromatic carbocycles. The van der Waals surface area contributed by atoms with Gasteiger partial charge in [0.15, 0.2) is 5.96 Å². The van der Waals surface area contributed by atoms with E-state index in [4.69, 9.17) is 40.1 Å². The Morgan fingerprint density at radius 2 is 1.47 bits per heavy atom. The number of unbranched alkanes of at least 4 members (excludes halogenated alkanes) is 3. The molecular weight excluding hydrogens is 1030 g/mol. The highest BCUT2D eigenvalue weighted by Gasteiger charge is 2.38. The lowest BCUT2D eigenvalue weighted by Crippen LogP contribution is -2.57. The lowest BCUT2D eigenvalue weighted by Gasteiger charge is -2.28. The Morgan fingerprint density at radius 1 is 0.810 bits per heavy atom. The Kier molecular flexibility index (Phi) is 33.3. The summed E-state index contributed by atoms with van der Waals surface area (Å²) in [4.78, 5) is 140. The molecule has 1 fully saturated rings. The van der Waals surface area contributed by atoms with Crippen molar-refractivity contribution in [1.82, 2.24) is 52.1 Å². The summed E-state index contributed by atoms with van der Waals surface area (Å²) in [5.74, 6) is -7.08. The molecule has 2 rings (SSSR count). The zero-order chi connectivity index (χ0) is 58.7. The third kappa shape index (κ3) is 26.1. The standard InChI is InChI=1S/C50H89N19O10/c1-3-31(2)42(68-40(71)26-33(70)27-55)48(78)61-29-41(72)63-37(15-10-21-54)49(79)69-24-12-17-39(69)47(77)67-38(25-32-28-58-30-62-32)46(76)66-35(14-5-7-19-52)44(74)65-36(16-11-23-60-50(56)57)45(75)64-34(13-4-6-18-51)43(73)59-22-9-8-20-53/h16,28,30-31,33-35,38-39,42,70H,3-15,17-27,29,51-55H2,1-2H3,(H,58,62)(H,59,73)(H,61,78)(H,64,75)(H,65,74)(H,66,76)(H,67,77)(H,68,71)(H4,56,57,60)/b36-16-,63-37?/t31-,33+,34-,35-,38-,39-,42-/m0/s1. The molecule has 1 aliphatic rings. The van der Waals surface area contributed by atoms with Gasteiger partial charge in [-0.05, 0) is 116 Å². The van der Waals surface area contributed by atoms with Gasteiger partial charge in [0.05, 0.1) is 25.4 Å². The van der Waals surface area contributed by atoms with Crippen LogP contribution >= 0.6 is 0 Å². The predicted octanol–water partition coefficient (Wildman–Crippen LogP) is -4.76. The lowest BCUT2D eigenvalue weighted by molar-refractivity contribution is -0.136. The largest absolute Gasteiger partial charge is 0.391 e. The molecule has 0 unspecified atom stereocenters. The van der Waals surface area contributed by atoms with Crippen molar-refractivity contribution >= 4 is 64.8 Å². The van der Waals surface area contributed by atoms with Crippen molar-refractivity contribution in [2.75, 3.05) is 58.9 Å². The molecule has 1 aromatic rings. The van der Waals surface area contributed by atoms with E-state index in [9.17, 15) is 48.3 Å². The number of aromatic nitrogens is 2. The number of likely N-dealkylation sites (tertiary alicyclic amines) is 1. The molecule has 9 amide bonds. The van der Waals surface area contributed by atoms with Crippen LogP contribution < -0.4 is 77.4 Å². The summed E-state index contributed by atoms with van der Waals surface area (Å²) in [7, 11) is 0. The number of hydrogen-bond donors (Lipinski definition) is 16. The fraction of sp³-hybridized carbons (Fsp3) is 0.680. The Hall–Kier alpha value is -6.92. The van der Waals surface area contributed by atoms with Crippen LogP contribution in [0.5, 0.6) is 0 Å². The van der Waals surface area contributed by atoms with Gasteiger partial charge in [-0.15, -0.1) is 0 Å². The van der Waals surface area contributed by atoms with Gasteiger partial charge in [0, 0.05) is 44.5 Å². The number of nitrogens with zero attached hydrogens (tertiary/aromatic N) is 4. The maximum absolute atomic E-state index is 14.4. The summed E-state index contributed by atoms with van der Waals surface area (Å²) in [6, 6.07) is -5.86. The molecule has 79 heavy (non-hydrogen) atoms. The van der Waals surface area contributed by atoms with Crippen LogP contribution in [0.2, 0.25) is 0 Å². The van der Waals surface area contributed by atoms with E-state index in [-0.39, 0.29) is 107 Å². The van der Waals surface area contributed by atoms with Crippen molar-refractivity contribution in [2.24, 2.45) is 56.0 Å². The van der Waals surface area contributed by atoms with Gasteiger partial charge in [0.25, 0.3) is 17.7 Å². The minimum absolute atomic E-state index is 0.0402. The first-order valence-electron chi connectivity index (χ1n) is 27.2. The molecule has 7 atom stereocenters. The number of imidazole rings is 1. The molecule has 1 saturated heterocycles. The average molecular weight is 1120 g/mol. The van der Waals surface area contributed by atoms with Gasteiger partial charge in [-0.3, -0.25) is 48.1 Å². The topological polar surface area (TPSA) is 497 Å². The number of aliphatic hydroxyl groups is 1. The van der Waals surface area contributed by atoms with Crippen LogP contribution in [-0.2, 0) is 49.6 Å². The number of aliphatic imine (C=N–C) groups is 2. The van der Waals surface area contributed by atoms with E-state index in [1.807, 2.05) is 6.92 Å². The highest BCUT2D eigenvalue weighted by Crippen LogP contribution is 2.20. The molecule has 29 heteroatoms. The van der Waals surface area contributed by atoms with Gasteiger partial charge in [0.2, 0.25) is 35.4 Å². The van der Waals surface area contributed by atoms with Crippen molar-refractivity contribution in [3.8, 4) is 0 Å². The fourth-order valence-corrected chi connectivity index (χ4v) is 8.17. The van der Waals surface area contributed by atoms with Crippen molar-refractivity contribution in [3.05, 3.63) is 30.0 Å². The Bertz CT molecular complexity index is 2190. The number of carbonyl (C=O) groups is 9. The van der Waals surface area contributed by atoms with E-state index in [0.29, 0.717) is 76.7 Å². The summed E-state index contributed by atoms with van der Waals surface area (Å²) in [6.07, 6.45) is 7.40. The van der Waals surface area contributed by atoms with E-state index in [2.05, 4.69) is 57.2 Å². The maximum atomic E-state index is 14.4. The summed E-state index contributed by atoms with van der Waals surface area (Å²) < 4.78 is 0. The summed E-state index contributed by atoms with van der Waals surface area (Å²) in [5, 5.41) is 28.5. The number of aliphatic hydroxyl groups excluding tert-OH is 1. The van der Waals surface area contributed by atoms with Crippen LogP contribution in [0.3, 0.4) is 0 Å². The van der Waals surface area contributed by atoms with E-state index >= 15 is 0 Å². The van der Waals surface area contributed by atoms with Gasteiger partial charge >= 0.3 is 0 Å². The minimum Gasteiger partial charge on any atom is -0.391 e. The molecule has 0 bridgehead atoms. The molecule has 0 spiro atoms. The zero-order valence-electron chi connectivity index (χ0n) is 45.9. The van der Waals surface area contributed by atoms with E-state index < -0.39 is 96.0 Å².